The number of hydrogen-bond acceptors (Lipinski definition) is 1. The van der Waals surface area contributed by atoms with Crippen molar-refractivity contribution < 1.29 is 5.11 Å². The fraction of sp³-hybridized carbons (Fsp3) is 0.733. The Kier molecular flexibility index (Phi) is 9.43. The Balaban J connectivity index is 0.00000166. The monoisotopic (exact) mass is 426 g/mol. The molecule has 3 rings (SSSR count). The Bertz CT molecular complexity index is 698. The summed E-state index contributed by atoms with van der Waals surface area (Å²) in [7, 11) is 0. The molecule has 0 bridgehead atoms. The zero-order valence-electron chi connectivity index (χ0n) is 21.7. The van der Waals surface area contributed by atoms with E-state index in [9.17, 15) is 5.11 Å². The van der Waals surface area contributed by atoms with Gasteiger partial charge in [-0.2, -0.15) is 0 Å². The van der Waals surface area contributed by atoms with Crippen LogP contribution < -0.4 is 0 Å². The van der Waals surface area contributed by atoms with Crippen molar-refractivity contribution >= 4 is 0 Å². The van der Waals surface area contributed by atoms with Gasteiger partial charge in [0.25, 0.3) is 0 Å². The molecule has 2 fully saturated rings. The lowest BCUT2D eigenvalue weighted by Gasteiger charge is -2.42. The minimum absolute atomic E-state index is 0.335. The van der Waals surface area contributed by atoms with Crippen LogP contribution in [0.25, 0.3) is 0 Å². The van der Waals surface area contributed by atoms with Gasteiger partial charge in [0.1, 0.15) is 0 Å². The molecule has 1 N–H and O–H groups in total. The smallest absolute Gasteiger partial charge is 0.0787 e. The van der Waals surface area contributed by atoms with Crippen LogP contribution in [0.3, 0.4) is 0 Å². The van der Waals surface area contributed by atoms with Crippen LogP contribution in [0.15, 0.2) is 47.1 Å². The molecule has 31 heavy (non-hydrogen) atoms. The molecule has 0 spiro atoms. The molecule has 4 atom stereocenters. The lowest BCUT2D eigenvalue weighted by Crippen LogP contribution is -2.32. The Labute approximate surface area is 193 Å². The molecule has 3 aliphatic carbocycles. The van der Waals surface area contributed by atoms with E-state index in [-0.39, 0.29) is 6.10 Å². The fourth-order valence-electron chi connectivity index (χ4n) is 6.14. The molecule has 0 aromatic carbocycles. The third-order valence-electron chi connectivity index (χ3n) is 7.94. The van der Waals surface area contributed by atoms with Crippen molar-refractivity contribution in [3.05, 3.63) is 47.1 Å². The van der Waals surface area contributed by atoms with E-state index in [2.05, 4.69) is 59.4 Å². The van der Waals surface area contributed by atoms with Crippen LogP contribution in [0, 0.1) is 22.7 Å². The summed E-state index contributed by atoms with van der Waals surface area (Å²) in [5.41, 5.74) is 6.39. The van der Waals surface area contributed by atoms with Crippen molar-refractivity contribution in [2.75, 3.05) is 0 Å². The number of fused-ring (bicyclic) bond motifs is 1. The van der Waals surface area contributed by atoms with Crippen LogP contribution in [0.5, 0.6) is 0 Å². The second-order valence-corrected chi connectivity index (χ2v) is 11.4. The first-order chi connectivity index (χ1) is 14.6. The van der Waals surface area contributed by atoms with Gasteiger partial charge in [0.2, 0.25) is 0 Å². The molecule has 1 nitrogen and oxygen atoms in total. The minimum atomic E-state index is -0.335. The average Bonchev–Trinajstić information content (AvgIpc) is 3.07. The predicted octanol–water partition coefficient (Wildman–Crippen LogP) is 8.96. The molecule has 0 heterocycles. The first kappa shape index (κ1) is 26.2. The predicted molar refractivity (Wildman–Crippen MR) is 137 cm³/mol. The fourth-order valence-corrected chi connectivity index (χ4v) is 6.14. The van der Waals surface area contributed by atoms with Crippen molar-refractivity contribution in [3.8, 4) is 0 Å². The van der Waals surface area contributed by atoms with Gasteiger partial charge in [-0.3, -0.25) is 0 Å². The molecule has 0 radical (unpaired) electrons. The van der Waals surface area contributed by atoms with Gasteiger partial charge in [-0.05, 0) is 91.6 Å². The van der Waals surface area contributed by atoms with Crippen LogP contribution in [0.4, 0.5) is 0 Å². The molecule has 0 amide bonds. The summed E-state index contributed by atoms with van der Waals surface area (Å²) < 4.78 is 0. The quantitative estimate of drug-likeness (QED) is 0.435. The van der Waals surface area contributed by atoms with Crippen LogP contribution in [-0.2, 0) is 0 Å². The molecule has 0 aliphatic heterocycles. The highest BCUT2D eigenvalue weighted by Gasteiger charge is 2.45. The van der Waals surface area contributed by atoms with E-state index in [1.807, 2.05) is 13.8 Å². The van der Waals surface area contributed by atoms with Crippen molar-refractivity contribution in [1.82, 2.24) is 0 Å². The Morgan fingerprint density at radius 3 is 2.58 bits per heavy atom. The van der Waals surface area contributed by atoms with Crippen LogP contribution >= 0.6 is 0 Å². The molecule has 0 aromatic heterocycles. The second-order valence-electron chi connectivity index (χ2n) is 11.4. The highest BCUT2D eigenvalue weighted by atomic mass is 16.3. The van der Waals surface area contributed by atoms with E-state index >= 15 is 0 Å². The molecule has 176 valence electrons. The zero-order chi connectivity index (χ0) is 23.2. The normalized spacial score (nSPS) is 32.4. The van der Waals surface area contributed by atoms with E-state index in [4.69, 9.17) is 0 Å². The van der Waals surface area contributed by atoms with E-state index in [0.29, 0.717) is 22.7 Å². The standard InChI is InChI=1S/C28H44O.C2H6/c1-20(10-8-18-27(3,4)5)24-16-17-25-23(12-9-19-28(24,25)6)15-14-22-11-7-13-26(29)21(22)2;1-2/h14-16,20,25-26,29H,2,7-13,17-19H2,1,3-6H3;1-2H3/b22-14-,23-15+;/t20-,25?,26?,28?;/m1./s1. The highest BCUT2D eigenvalue weighted by molar-refractivity contribution is 5.39. The Morgan fingerprint density at radius 2 is 1.90 bits per heavy atom. The summed E-state index contributed by atoms with van der Waals surface area (Å²) in [6, 6.07) is 0. The van der Waals surface area contributed by atoms with Crippen molar-refractivity contribution in [2.24, 2.45) is 22.7 Å². The van der Waals surface area contributed by atoms with Crippen molar-refractivity contribution in [1.29, 1.82) is 0 Å². The SMILES string of the molecule is C=C1/C(=C\C=C2/CCCC3(C)C([C@H](C)CCCC(C)(C)C)=CCC23)CCCC1O.CC. The topological polar surface area (TPSA) is 20.2 Å². The van der Waals surface area contributed by atoms with Gasteiger partial charge in [0.05, 0.1) is 6.10 Å². The van der Waals surface area contributed by atoms with Gasteiger partial charge >= 0.3 is 0 Å². The van der Waals surface area contributed by atoms with E-state index < -0.39 is 0 Å². The molecule has 0 aromatic rings. The Hall–Kier alpha value is -1.08. The lowest BCUT2D eigenvalue weighted by atomic mass is 9.62. The number of hydrogen-bond donors (Lipinski definition) is 1. The third-order valence-corrected chi connectivity index (χ3v) is 7.94. The van der Waals surface area contributed by atoms with Crippen LogP contribution in [0.2, 0.25) is 0 Å². The third kappa shape index (κ3) is 6.47. The minimum Gasteiger partial charge on any atom is -0.388 e. The molecule has 3 aliphatic rings. The van der Waals surface area contributed by atoms with Gasteiger partial charge in [0, 0.05) is 0 Å². The van der Waals surface area contributed by atoms with Gasteiger partial charge in [-0.15, -0.1) is 0 Å². The summed E-state index contributed by atoms with van der Waals surface area (Å²) in [5.74, 6) is 1.38. The maximum absolute atomic E-state index is 10.1. The average molecular weight is 427 g/mol. The number of rotatable bonds is 5. The molecular formula is C30H50O. The van der Waals surface area contributed by atoms with Gasteiger partial charge in [0.15, 0.2) is 0 Å². The molecule has 0 saturated heterocycles. The highest BCUT2D eigenvalue weighted by Crippen LogP contribution is 2.57. The molecule has 3 unspecified atom stereocenters. The largest absolute Gasteiger partial charge is 0.388 e. The summed E-state index contributed by atoms with van der Waals surface area (Å²) in [6.07, 6.45) is 19.0. The van der Waals surface area contributed by atoms with Crippen molar-refractivity contribution in [2.45, 2.75) is 119 Å². The second kappa shape index (κ2) is 11.2. The molecule has 2 saturated carbocycles. The molecule has 1 heteroatoms. The summed E-state index contributed by atoms with van der Waals surface area (Å²) in [5, 5.41) is 10.1. The van der Waals surface area contributed by atoms with Gasteiger partial charge in [-0.1, -0.05) is 90.8 Å². The maximum atomic E-state index is 10.1. The number of aliphatic hydroxyl groups excluding tert-OH is 1. The van der Waals surface area contributed by atoms with Crippen molar-refractivity contribution in [3.63, 3.8) is 0 Å². The van der Waals surface area contributed by atoms with Gasteiger partial charge in [-0.25, -0.2) is 0 Å². The van der Waals surface area contributed by atoms with Gasteiger partial charge < -0.3 is 5.11 Å². The zero-order valence-corrected chi connectivity index (χ0v) is 21.7. The maximum Gasteiger partial charge on any atom is 0.0787 e. The van der Waals surface area contributed by atoms with E-state index in [1.54, 1.807) is 11.1 Å². The van der Waals surface area contributed by atoms with Crippen LogP contribution in [0.1, 0.15) is 113 Å². The number of allylic oxidation sites excluding steroid dienone is 5. The first-order valence-electron chi connectivity index (χ1n) is 13.1. The number of aliphatic hydroxyl groups is 1. The Morgan fingerprint density at radius 1 is 1.19 bits per heavy atom. The lowest BCUT2D eigenvalue weighted by molar-refractivity contribution is 0.191. The van der Waals surface area contributed by atoms with E-state index in [0.717, 1.165) is 24.8 Å². The van der Waals surface area contributed by atoms with Crippen LogP contribution in [-0.4, -0.2) is 11.2 Å². The summed E-state index contributed by atoms with van der Waals surface area (Å²) >= 11 is 0. The first-order valence-corrected chi connectivity index (χ1v) is 13.1. The molecular weight excluding hydrogens is 376 g/mol. The van der Waals surface area contributed by atoms with E-state index in [1.165, 1.54) is 50.5 Å². The summed E-state index contributed by atoms with van der Waals surface area (Å²) in [6.45, 7) is 20.2. The summed E-state index contributed by atoms with van der Waals surface area (Å²) in [4.78, 5) is 0.